The van der Waals surface area contributed by atoms with Gasteiger partial charge in [-0.1, -0.05) is 0 Å². The molecule has 1 fully saturated rings. The first-order valence-electron chi connectivity index (χ1n) is 5.12. The highest BCUT2D eigenvalue weighted by atomic mass is 32.2. The first-order valence-corrected chi connectivity index (χ1v) is 7.08. The normalized spacial score (nSPS) is 19.2. The summed E-state index contributed by atoms with van der Waals surface area (Å²) in [4.78, 5) is 2.02. The van der Waals surface area contributed by atoms with Gasteiger partial charge in [0.15, 0.2) is 0 Å². The Morgan fingerprint density at radius 2 is 1.94 bits per heavy atom. The minimum absolute atomic E-state index is 0.583. The van der Waals surface area contributed by atoms with Crippen LogP contribution < -0.4 is 0 Å². The van der Waals surface area contributed by atoms with E-state index in [0.717, 1.165) is 4.90 Å². The summed E-state index contributed by atoms with van der Waals surface area (Å²) in [7, 11) is 0. The van der Waals surface area contributed by atoms with Crippen LogP contribution in [0.5, 0.6) is 0 Å². The first-order chi connectivity index (χ1) is 8.16. The molecule has 4 nitrogen and oxygen atoms in total. The van der Waals surface area contributed by atoms with Crippen molar-refractivity contribution in [3.05, 3.63) is 18.2 Å². The number of benzene rings is 1. The maximum atomic E-state index is 11.9. The average molecular weight is 291 g/mol. The summed E-state index contributed by atoms with van der Waals surface area (Å²) in [5.41, 5.74) is 0. The van der Waals surface area contributed by atoms with Gasteiger partial charge in [0.1, 0.15) is 0 Å². The lowest BCUT2D eigenvalue weighted by Gasteiger charge is -2.24. The molecule has 0 amide bonds. The lowest BCUT2D eigenvalue weighted by molar-refractivity contribution is -0.109. The van der Waals surface area contributed by atoms with Crippen LogP contribution in [0.3, 0.4) is 0 Å². The van der Waals surface area contributed by atoms with Crippen LogP contribution >= 0.6 is 25.3 Å². The van der Waals surface area contributed by atoms with E-state index < -0.39 is 11.1 Å². The van der Waals surface area contributed by atoms with Crippen LogP contribution in [0.15, 0.2) is 32.9 Å². The van der Waals surface area contributed by atoms with Gasteiger partial charge in [0, 0.05) is 22.9 Å². The van der Waals surface area contributed by atoms with Crippen LogP contribution in [0.4, 0.5) is 0 Å². The molecule has 0 saturated carbocycles. The number of hydroxylamine groups is 2. The molecular formula is C10H13NO3S3. The Bertz CT molecular complexity index is 421. The van der Waals surface area contributed by atoms with Gasteiger partial charge in [-0.15, -0.1) is 25.3 Å². The number of rotatable bonds is 3. The first kappa shape index (κ1) is 13.4. The summed E-state index contributed by atoms with van der Waals surface area (Å²) >= 11 is 6.92. The van der Waals surface area contributed by atoms with E-state index in [-0.39, 0.29) is 0 Å². The van der Waals surface area contributed by atoms with Gasteiger partial charge in [0.05, 0.1) is 18.1 Å². The second-order valence-electron chi connectivity index (χ2n) is 3.50. The number of thiol groups is 2. The molecule has 0 radical (unpaired) electrons. The zero-order valence-corrected chi connectivity index (χ0v) is 11.6. The highest BCUT2D eigenvalue weighted by molar-refractivity contribution is 7.83. The Balaban J connectivity index is 2.01. The van der Waals surface area contributed by atoms with Crippen LogP contribution in [0, 0.1) is 0 Å². The topological polar surface area (TPSA) is 38.8 Å². The van der Waals surface area contributed by atoms with E-state index >= 15 is 0 Å². The lowest BCUT2D eigenvalue weighted by atomic mass is 10.4. The van der Waals surface area contributed by atoms with Gasteiger partial charge in [-0.25, -0.2) is 4.21 Å². The molecule has 1 atom stereocenters. The Labute approximate surface area is 114 Å². The van der Waals surface area contributed by atoms with Crippen LogP contribution in [-0.4, -0.2) is 35.6 Å². The van der Waals surface area contributed by atoms with Crippen molar-refractivity contribution in [3.63, 3.8) is 0 Å². The number of nitrogens with zero attached hydrogens (tertiary/aromatic N) is 1. The second-order valence-corrected chi connectivity index (χ2v) is 5.55. The molecule has 0 N–H and O–H groups in total. The van der Waals surface area contributed by atoms with Crippen LogP contribution in [0.25, 0.3) is 0 Å². The third-order valence-electron chi connectivity index (χ3n) is 2.28. The Morgan fingerprint density at radius 3 is 2.59 bits per heavy atom. The summed E-state index contributed by atoms with van der Waals surface area (Å²) in [6.45, 7) is 2.46. The van der Waals surface area contributed by atoms with Gasteiger partial charge in [0.25, 0.3) is 0 Å². The van der Waals surface area contributed by atoms with Crippen molar-refractivity contribution in [1.82, 2.24) is 5.06 Å². The van der Waals surface area contributed by atoms with Gasteiger partial charge < -0.3 is 4.74 Å². The van der Waals surface area contributed by atoms with Gasteiger partial charge in [-0.2, -0.15) is 9.35 Å². The molecule has 1 heterocycles. The highest BCUT2D eigenvalue weighted by Crippen LogP contribution is 2.21. The minimum atomic E-state index is -1.51. The molecule has 0 bridgehead atoms. The number of morpholine rings is 1. The molecule has 1 aliphatic heterocycles. The monoisotopic (exact) mass is 291 g/mol. The summed E-state index contributed by atoms with van der Waals surface area (Å²) in [5, 5.41) is 1.66. The van der Waals surface area contributed by atoms with Crippen molar-refractivity contribution in [1.29, 1.82) is 0 Å². The average Bonchev–Trinajstić information content (AvgIpc) is 2.34. The van der Waals surface area contributed by atoms with Crippen molar-refractivity contribution in [2.75, 3.05) is 26.3 Å². The second kappa shape index (κ2) is 6.21. The molecule has 17 heavy (non-hydrogen) atoms. The summed E-state index contributed by atoms with van der Waals surface area (Å²) in [6.07, 6.45) is 0. The molecule has 7 heteroatoms. The summed E-state index contributed by atoms with van der Waals surface area (Å²) in [5.74, 6) is 0. The SMILES string of the molecule is O=S(ON1CCOCC1)c1ccc(S)c(S)c1. The van der Waals surface area contributed by atoms with Crippen molar-refractivity contribution in [2.45, 2.75) is 14.7 Å². The fourth-order valence-corrected chi connectivity index (χ4v) is 2.63. The third-order valence-corrected chi connectivity index (χ3v) is 4.20. The van der Waals surface area contributed by atoms with E-state index in [2.05, 4.69) is 25.3 Å². The maximum Gasteiger partial charge on any atom is 0.206 e. The minimum Gasteiger partial charge on any atom is -0.379 e. The smallest absolute Gasteiger partial charge is 0.206 e. The highest BCUT2D eigenvalue weighted by Gasteiger charge is 2.16. The van der Waals surface area contributed by atoms with E-state index in [1.807, 2.05) is 0 Å². The van der Waals surface area contributed by atoms with E-state index in [4.69, 9.17) is 9.02 Å². The van der Waals surface area contributed by atoms with E-state index in [1.54, 1.807) is 23.3 Å². The van der Waals surface area contributed by atoms with E-state index in [0.29, 0.717) is 36.1 Å². The molecule has 2 rings (SSSR count). The fraction of sp³-hybridized carbons (Fsp3) is 0.400. The Hall–Kier alpha value is -0.0500. The molecule has 1 aliphatic rings. The zero-order valence-electron chi connectivity index (χ0n) is 9.04. The Morgan fingerprint density at radius 1 is 1.24 bits per heavy atom. The molecule has 1 unspecified atom stereocenters. The largest absolute Gasteiger partial charge is 0.379 e. The molecule has 1 saturated heterocycles. The van der Waals surface area contributed by atoms with Crippen LogP contribution in [0.1, 0.15) is 0 Å². The molecule has 94 valence electrons. The number of hydrogen-bond acceptors (Lipinski definition) is 6. The van der Waals surface area contributed by atoms with Crippen molar-refractivity contribution >= 4 is 36.3 Å². The van der Waals surface area contributed by atoms with Gasteiger partial charge in [-0.3, -0.25) is 0 Å². The lowest BCUT2D eigenvalue weighted by Crippen LogP contribution is -2.36. The van der Waals surface area contributed by atoms with Crippen molar-refractivity contribution in [2.24, 2.45) is 0 Å². The van der Waals surface area contributed by atoms with E-state index in [1.165, 1.54) is 0 Å². The van der Waals surface area contributed by atoms with Gasteiger partial charge in [-0.05, 0) is 18.2 Å². The van der Waals surface area contributed by atoms with E-state index in [9.17, 15) is 4.21 Å². The molecule has 0 aromatic heterocycles. The number of ether oxygens (including phenoxy) is 1. The zero-order chi connectivity index (χ0) is 12.3. The summed E-state index contributed by atoms with van der Waals surface area (Å²) in [6, 6.07) is 5.17. The molecular weight excluding hydrogens is 278 g/mol. The molecule has 1 aromatic carbocycles. The van der Waals surface area contributed by atoms with Gasteiger partial charge in [0.2, 0.25) is 11.1 Å². The predicted octanol–water partition coefficient (Wildman–Crippen LogP) is 1.55. The Kier molecular flexibility index (Phi) is 4.89. The maximum absolute atomic E-state index is 11.9. The predicted molar refractivity (Wildman–Crippen MR) is 70.8 cm³/mol. The third kappa shape index (κ3) is 3.70. The molecule has 1 aromatic rings. The molecule has 0 spiro atoms. The van der Waals surface area contributed by atoms with Crippen LogP contribution in [-0.2, 0) is 20.1 Å². The quantitative estimate of drug-likeness (QED) is 0.829. The fourth-order valence-electron chi connectivity index (χ4n) is 1.37. The van der Waals surface area contributed by atoms with Gasteiger partial charge >= 0.3 is 0 Å². The molecule has 0 aliphatic carbocycles. The van der Waals surface area contributed by atoms with Crippen molar-refractivity contribution in [3.8, 4) is 0 Å². The number of hydrogen-bond donors (Lipinski definition) is 2. The summed E-state index contributed by atoms with van der Waals surface area (Å²) < 4.78 is 22.4. The standard InChI is InChI=1S/C10H13NO3S3/c12-17(14-11-3-5-13-6-4-11)8-1-2-9(15)10(16)7-8/h1-2,7,15-16H,3-6H2. The van der Waals surface area contributed by atoms with Crippen LogP contribution in [0.2, 0.25) is 0 Å². The van der Waals surface area contributed by atoms with Crippen molar-refractivity contribution < 1.29 is 13.2 Å².